The van der Waals surface area contributed by atoms with Gasteiger partial charge >= 0.3 is 0 Å². The third-order valence-electron chi connectivity index (χ3n) is 2.63. The molecule has 0 spiro atoms. The summed E-state index contributed by atoms with van der Waals surface area (Å²) in [5.74, 6) is -0.639. The Hall–Kier alpha value is -2.21. The van der Waals surface area contributed by atoms with Crippen LogP contribution in [-0.4, -0.2) is 44.3 Å². The summed E-state index contributed by atoms with van der Waals surface area (Å²) in [6.07, 6.45) is 0.980. The van der Waals surface area contributed by atoms with Gasteiger partial charge < -0.3 is 20.7 Å². The van der Waals surface area contributed by atoms with Crippen LogP contribution in [-0.2, 0) is 20.8 Å². The van der Waals surface area contributed by atoms with E-state index < -0.39 is 6.04 Å². The third kappa shape index (κ3) is 5.62. The van der Waals surface area contributed by atoms with Gasteiger partial charge in [0.1, 0.15) is 12.3 Å². The molecule has 2 amide bonds. The van der Waals surface area contributed by atoms with Gasteiger partial charge in [-0.05, 0) is 12.6 Å². The van der Waals surface area contributed by atoms with Gasteiger partial charge in [-0.2, -0.15) is 0 Å². The van der Waals surface area contributed by atoms with Crippen molar-refractivity contribution in [2.75, 3.05) is 20.1 Å². The van der Waals surface area contributed by atoms with Crippen LogP contribution < -0.4 is 16.0 Å². The second kappa shape index (κ2) is 8.82. The van der Waals surface area contributed by atoms with Gasteiger partial charge in [0.25, 0.3) is 0 Å². The third-order valence-corrected chi connectivity index (χ3v) is 2.63. The van der Waals surface area contributed by atoms with Gasteiger partial charge in [0, 0.05) is 6.42 Å². The summed E-state index contributed by atoms with van der Waals surface area (Å²) < 4.78 is 0. The van der Waals surface area contributed by atoms with E-state index in [0.717, 1.165) is 5.56 Å². The quantitative estimate of drug-likeness (QED) is 0.546. The van der Waals surface area contributed by atoms with Crippen molar-refractivity contribution in [1.29, 1.82) is 0 Å². The van der Waals surface area contributed by atoms with E-state index in [2.05, 4.69) is 16.0 Å². The van der Waals surface area contributed by atoms with Crippen molar-refractivity contribution in [3.05, 3.63) is 35.9 Å². The first kappa shape index (κ1) is 15.8. The molecule has 1 atom stereocenters. The lowest BCUT2D eigenvalue weighted by Gasteiger charge is -2.18. The van der Waals surface area contributed by atoms with Crippen LogP contribution in [0.2, 0.25) is 0 Å². The number of amides is 2. The summed E-state index contributed by atoms with van der Waals surface area (Å²) in [5, 5.41) is 7.82. The van der Waals surface area contributed by atoms with E-state index in [1.807, 2.05) is 30.3 Å². The maximum atomic E-state index is 11.9. The van der Waals surface area contributed by atoms with Crippen LogP contribution in [0.15, 0.2) is 30.3 Å². The van der Waals surface area contributed by atoms with Crippen LogP contribution in [0.1, 0.15) is 5.56 Å². The lowest BCUT2D eigenvalue weighted by Crippen LogP contribution is -2.50. The van der Waals surface area contributed by atoms with E-state index in [9.17, 15) is 14.4 Å². The molecule has 0 bridgehead atoms. The molecule has 1 aromatic carbocycles. The number of carbonyl (C=O) groups is 3. The lowest BCUT2D eigenvalue weighted by atomic mass is 10.1. The Morgan fingerprint density at radius 3 is 2.55 bits per heavy atom. The molecule has 1 aromatic rings. The van der Waals surface area contributed by atoms with Crippen LogP contribution in [0.5, 0.6) is 0 Å². The Balaban J connectivity index is 2.70. The number of carbonyl (C=O) groups excluding carboxylic acids is 3. The summed E-state index contributed by atoms with van der Waals surface area (Å²) in [5.41, 5.74) is 0.934. The Morgan fingerprint density at radius 2 is 1.95 bits per heavy atom. The lowest BCUT2D eigenvalue weighted by molar-refractivity contribution is -0.128. The van der Waals surface area contributed by atoms with Crippen LogP contribution in [0.3, 0.4) is 0 Å². The standard InChI is InChI=1S/C14H19N3O3/c1-15-10-13(19)17-12(14(20)16-7-8-18)9-11-5-3-2-4-6-11/h2-6,8,12,15H,7,9-10H2,1H3,(H,16,20)(H,17,19). The van der Waals surface area contributed by atoms with E-state index in [1.165, 1.54) is 0 Å². The number of aldehydes is 1. The molecule has 0 fully saturated rings. The topological polar surface area (TPSA) is 87.3 Å². The molecule has 20 heavy (non-hydrogen) atoms. The Kier molecular flexibility index (Phi) is 6.99. The van der Waals surface area contributed by atoms with Gasteiger partial charge in [-0.3, -0.25) is 9.59 Å². The molecule has 6 heteroatoms. The Labute approximate surface area is 117 Å². The van der Waals surface area contributed by atoms with Crippen molar-refractivity contribution in [1.82, 2.24) is 16.0 Å². The fourth-order valence-corrected chi connectivity index (χ4v) is 1.73. The van der Waals surface area contributed by atoms with Gasteiger partial charge in [-0.15, -0.1) is 0 Å². The Morgan fingerprint density at radius 1 is 1.25 bits per heavy atom. The smallest absolute Gasteiger partial charge is 0.243 e. The molecule has 0 saturated heterocycles. The minimum absolute atomic E-state index is 0.0635. The minimum atomic E-state index is -0.696. The Bertz CT molecular complexity index is 448. The molecule has 6 nitrogen and oxygen atoms in total. The maximum absolute atomic E-state index is 11.9. The molecule has 0 aliphatic rings. The van der Waals surface area contributed by atoms with Crippen molar-refractivity contribution in [2.24, 2.45) is 0 Å². The average Bonchev–Trinajstić information content (AvgIpc) is 2.45. The molecular weight excluding hydrogens is 258 g/mol. The van der Waals surface area contributed by atoms with Crippen LogP contribution in [0.4, 0.5) is 0 Å². The highest BCUT2D eigenvalue weighted by atomic mass is 16.2. The SMILES string of the molecule is CNCC(=O)NC(Cc1ccccc1)C(=O)NCC=O. The van der Waals surface area contributed by atoms with Gasteiger partial charge in [0.15, 0.2) is 0 Å². The molecule has 0 radical (unpaired) electrons. The number of nitrogens with one attached hydrogen (secondary N) is 3. The molecule has 0 aliphatic carbocycles. The predicted octanol–water partition coefficient (Wildman–Crippen LogP) is -0.752. The molecule has 1 unspecified atom stereocenters. The van der Waals surface area contributed by atoms with Crippen molar-refractivity contribution in [2.45, 2.75) is 12.5 Å². The molecule has 0 aliphatic heterocycles. The first-order valence-corrected chi connectivity index (χ1v) is 6.36. The minimum Gasteiger partial charge on any atom is -0.348 e. The maximum Gasteiger partial charge on any atom is 0.243 e. The second-order valence-electron chi connectivity index (χ2n) is 4.25. The largest absolute Gasteiger partial charge is 0.348 e. The fourth-order valence-electron chi connectivity index (χ4n) is 1.73. The van der Waals surface area contributed by atoms with E-state index in [-0.39, 0.29) is 24.9 Å². The van der Waals surface area contributed by atoms with E-state index in [4.69, 9.17) is 0 Å². The second-order valence-corrected chi connectivity index (χ2v) is 4.25. The molecule has 0 saturated carbocycles. The number of rotatable bonds is 8. The van der Waals surface area contributed by atoms with Crippen LogP contribution >= 0.6 is 0 Å². The van der Waals surface area contributed by atoms with Crippen LogP contribution in [0, 0.1) is 0 Å². The molecule has 3 N–H and O–H groups in total. The number of hydrogen-bond acceptors (Lipinski definition) is 4. The summed E-state index contributed by atoms with van der Waals surface area (Å²) in [6.45, 7) is 0.0677. The molecule has 1 rings (SSSR count). The first-order chi connectivity index (χ1) is 9.67. The van der Waals surface area contributed by atoms with E-state index >= 15 is 0 Å². The van der Waals surface area contributed by atoms with Gasteiger partial charge in [0.2, 0.25) is 11.8 Å². The zero-order chi connectivity index (χ0) is 14.8. The fraction of sp³-hybridized carbons (Fsp3) is 0.357. The van der Waals surface area contributed by atoms with Crippen molar-refractivity contribution in [3.63, 3.8) is 0 Å². The average molecular weight is 277 g/mol. The van der Waals surface area contributed by atoms with Crippen molar-refractivity contribution < 1.29 is 14.4 Å². The monoisotopic (exact) mass is 277 g/mol. The summed E-state index contributed by atoms with van der Waals surface area (Å²) in [4.78, 5) is 33.8. The summed E-state index contributed by atoms with van der Waals surface area (Å²) in [6, 6.07) is 8.67. The number of benzene rings is 1. The van der Waals surface area contributed by atoms with Gasteiger partial charge in [-0.1, -0.05) is 30.3 Å². The molecular formula is C14H19N3O3. The zero-order valence-electron chi connectivity index (χ0n) is 11.4. The molecule has 0 aromatic heterocycles. The highest BCUT2D eigenvalue weighted by molar-refractivity contribution is 5.89. The highest BCUT2D eigenvalue weighted by Crippen LogP contribution is 2.03. The van der Waals surface area contributed by atoms with Crippen molar-refractivity contribution in [3.8, 4) is 0 Å². The summed E-state index contributed by atoms with van der Waals surface area (Å²) in [7, 11) is 1.65. The van der Waals surface area contributed by atoms with Crippen molar-refractivity contribution >= 4 is 18.1 Å². The van der Waals surface area contributed by atoms with Gasteiger partial charge in [0.05, 0.1) is 13.1 Å². The number of hydrogen-bond donors (Lipinski definition) is 3. The predicted molar refractivity (Wildman–Crippen MR) is 75.1 cm³/mol. The van der Waals surface area contributed by atoms with Gasteiger partial charge in [-0.25, -0.2) is 0 Å². The molecule has 0 heterocycles. The summed E-state index contributed by atoms with van der Waals surface area (Å²) >= 11 is 0. The van der Waals surface area contributed by atoms with E-state index in [0.29, 0.717) is 12.7 Å². The number of likely N-dealkylation sites (N-methyl/N-ethyl adjacent to an activating group) is 1. The zero-order valence-corrected chi connectivity index (χ0v) is 11.4. The molecule has 108 valence electrons. The normalized spacial score (nSPS) is 11.4. The highest BCUT2D eigenvalue weighted by Gasteiger charge is 2.20. The first-order valence-electron chi connectivity index (χ1n) is 6.36. The van der Waals surface area contributed by atoms with Crippen LogP contribution in [0.25, 0.3) is 0 Å². The van der Waals surface area contributed by atoms with E-state index in [1.54, 1.807) is 7.05 Å².